The Labute approximate surface area is 201 Å². The molecular formula is C24H26N4O7. The van der Waals surface area contributed by atoms with Crippen molar-refractivity contribution in [3.05, 3.63) is 46.8 Å². The molecule has 0 spiro atoms. The van der Waals surface area contributed by atoms with E-state index in [1.54, 1.807) is 12.1 Å². The Kier molecular flexibility index (Phi) is 7.44. The largest absolute Gasteiger partial charge is 0.493 e. The molecule has 1 saturated carbocycles. The van der Waals surface area contributed by atoms with Gasteiger partial charge in [-0.15, -0.1) is 0 Å². The average Bonchev–Trinajstić information content (AvgIpc) is 3.12. The first-order valence-electron chi connectivity index (χ1n) is 11.3. The minimum absolute atomic E-state index is 0.0138. The molecule has 4 rings (SSSR count). The van der Waals surface area contributed by atoms with E-state index in [4.69, 9.17) is 18.9 Å². The fourth-order valence-electron chi connectivity index (χ4n) is 4.03. The summed E-state index contributed by atoms with van der Waals surface area (Å²) in [7, 11) is 3.02. The number of benzene rings is 2. The Morgan fingerprint density at radius 2 is 1.74 bits per heavy atom. The van der Waals surface area contributed by atoms with Gasteiger partial charge in [-0.25, -0.2) is 14.8 Å². The molecule has 184 valence electrons. The maximum atomic E-state index is 12.4. The minimum atomic E-state index is -0.712. The van der Waals surface area contributed by atoms with E-state index in [1.165, 1.54) is 38.7 Å². The smallest absolute Gasteiger partial charge is 0.412 e. The lowest BCUT2D eigenvalue weighted by Gasteiger charge is -2.16. The van der Waals surface area contributed by atoms with E-state index in [9.17, 15) is 14.9 Å². The zero-order valence-electron chi connectivity index (χ0n) is 19.5. The maximum Gasteiger partial charge on any atom is 0.412 e. The number of aromatic nitrogens is 2. The average molecular weight is 482 g/mol. The molecule has 11 heteroatoms. The van der Waals surface area contributed by atoms with Crippen LogP contribution in [0.5, 0.6) is 23.1 Å². The minimum Gasteiger partial charge on any atom is -0.493 e. The van der Waals surface area contributed by atoms with E-state index in [-0.39, 0.29) is 29.1 Å². The number of fused-ring (bicyclic) bond motifs is 1. The topological polar surface area (TPSA) is 135 Å². The van der Waals surface area contributed by atoms with Crippen molar-refractivity contribution in [1.29, 1.82) is 0 Å². The molecular weight excluding hydrogens is 456 g/mol. The molecule has 35 heavy (non-hydrogen) atoms. The predicted octanol–water partition coefficient (Wildman–Crippen LogP) is 5.62. The number of anilines is 1. The molecule has 1 amide bonds. The zero-order valence-corrected chi connectivity index (χ0v) is 19.5. The molecule has 0 unspecified atom stereocenters. The van der Waals surface area contributed by atoms with Crippen molar-refractivity contribution in [2.45, 2.75) is 44.6 Å². The van der Waals surface area contributed by atoms with E-state index in [0.29, 0.717) is 22.4 Å². The fraction of sp³-hybridized carbons (Fsp3) is 0.375. The van der Waals surface area contributed by atoms with Crippen LogP contribution in [-0.2, 0) is 4.74 Å². The van der Waals surface area contributed by atoms with Gasteiger partial charge in [0.15, 0.2) is 11.5 Å². The number of methoxy groups -OCH3 is 2. The van der Waals surface area contributed by atoms with Crippen LogP contribution in [-0.4, -0.2) is 41.3 Å². The Balaban J connectivity index is 1.55. The van der Waals surface area contributed by atoms with Gasteiger partial charge in [-0.05, 0) is 43.9 Å². The molecule has 0 radical (unpaired) electrons. The van der Waals surface area contributed by atoms with Crippen LogP contribution in [0.1, 0.15) is 38.5 Å². The van der Waals surface area contributed by atoms with Gasteiger partial charge in [0.05, 0.1) is 36.1 Å². The molecule has 1 aliphatic carbocycles. The van der Waals surface area contributed by atoms with Gasteiger partial charge in [-0.3, -0.25) is 15.4 Å². The number of hydrogen-bond donors (Lipinski definition) is 1. The van der Waals surface area contributed by atoms with E-state index in [1.807, 2.05) is 0 Å². The zero-order chi connectivity index (χ0) is 24.8. The molecule has 2 aromatic carbocycles. The van der Waals surface area contributed by atoms with E-state index in [2.05, 4.69) is 15.3 Å². The Morgan fingerprint density at radius 3 is 2.43 bits per heavy atom. The lowest BCUT2D eigenvalue weighted by molar-refractivity contribution is -0.384. The van der Waals surface area contributed by atoms with Crippen molar-refractivity contribution in [1.82, 2.24) is 9.97 Å². The monoisotopic (exact) mass is 482 g/mol. The van der Waals surface area contributed by atoms with E-state index in [0.717, 1.165) is 38.5 Å². The number of hydrogen-bond acceptors (Lipinski definition) is 9. The van der Waals surface area contributed by atoms with Gasteiger partial charge < -0.3 is 18.9 Å². The molecule has 0 aliphatic heterocycles. The van der Waals surface area contributed by atoms with Gasteiger partial charge in [0, 0.05) is 6.07 Å². The highest BCUT2D eigenvalue weighted by Crippen LogP contribution is 2.37. The van der Waals surface area contributed by atoms with Crippen LogP contribution >= 0.6 is 0 Å². The summed E-state index contributed by atoms with van der Waals surface area (Å²) in [6, 6.07) is 7.46. The van der Waals surface area contributed by atoms with Gasteiger partial charge in [-0.1, -0.05) is 12.8 Å². The Hall–Kier alpha value is -4.15. The first-order chi connectivity index (χ1) is 17.0. The second-order valence-electron chi connectivity index (χ2n) is 8.09. The van der Waals surface area contributed by atoms with Crippen molar-refractivity contribution < 1.29 is 28.7 Å². The molecule has 11 nitrogen and oxygen atoms in total. The van der Waals surface area contributed by atoms with Gasteiger partial charge in [0.2, 0.25) is 5.88 Å². The summed E-state index contributed by atoms with van der Waals surface area (Å²) in [5.41, 5.74) is 0.222. The summed E-state index contributed by atoms with van der Waals surface area (Å²) < 4.78 is 22.0. The number of nitro benzene ring substituents is 1. The summed E-state index contributed by atoms with van der Waals surface area (Å²) in [6.07, 6.45) is 6.26. The van der Waals surface area contributed by atoms with Crippen LogP contribution in [0.15, 0.2) is 36.7 Å². The summed E-state index contributed by atoms with van der Waals surface area (Å²) in [4.78, 5) is 31.9. The molecule has 1 N–H and O–H groups in total. The van der Waals surface area contributed by atoms with Crippen molar-refractivity contribution >= 4 is 28.4 Å². The number of ether oxygens (including phenoxy) is 4. The number of nitrogens with zero attached hydrogens (tertiary/aromatic N) is 3. The molecule has 0 bridgehead atoms. The van der Waals surface area contributed by atoms with Crippen LogP contribution in [0.3, 0.4) is 0 Å². The number of carbonyl (C=O) groups is 1. The van der Waals surface area contributed by atoms with Crippen LogP contribution < -0.4 is 19.5 Å². The Bertz CT molecular complexity index is 1230. The lowest BCUT2D eigenvalue weighted by Crippen LogP contribution is -2.22. The Morgan fingerprint density at radius 1 is 1.03 bits per heavy atom. The number of nitrogens with one attached hydrogen (secondary N) is 1. The third kappa shape index (κ3) is 5.68. The van der Waals surface area contributed by atoms with Crippen LogP contribution in [0.25, 0.3) is 10.9 Å². The lowest BCUT2D eigenvalue weighted by atomic mass is 10.2. The van der Waals surface area contributed by atoms with E-state index < -0.39 is 11.0 Å². The second kappa shape index (κ2) is 10.9. The molecule has 1 aromatic heterocycles. The van der Waals surface area contributed by atoms with Gasteiger partial charge in [-0.2, -0.15) is 0 Å². The quantitative estimate of drug-likeness (QED) is 0.258. The van der Waals surface area contributed by atoms with Gasteiger partial charge in [0.25, 0.3) is 5.69 Å². The molecule has 1 fully saturated rings. The predicted molar refractivity (Wildman–Crippen MR) is 127 cm³/mol. The molecule has 0 atom stereocenters. The van der Waals surface area contributed by atoms with Crippen LogP contribution in [0.4, 0.5) is 16.2 Å². The molecule has 0 saturated heterocycles. The molecule has 3 aromatic rings. The van der Waals surface area contributed by atoms with Crippen molar-refractivity contribution in [2.75, 3.05) is 19.5 Å². The third-order valence-electron chi connectivity index (χ3n) is 5.80. The van der Waals surface area contributed by atoms with Crippen LogP contribution in [0.2, 0.25) is 0 Å². The van der Waals surface area contributed by atoms with E-state index >= 15 is 0 Å². The SMILES string of the molecule is COc1cc2ncnc(Oc3ccc(NC(=O)OC4CCCCCC4)c([N+](=O)[O-])c3)c2cc1OC. The summed E-state index contributed by atoms with van der Waals surface area (Å²) in [6.45, 7) is 0. The highest BCUT2D eigenvalue weighted by atomic mass is 16.6. The number of amides is 1. The number of rotatable bonds is 7. The van der Waals surface area contributed by atoms with Gasteiger partial charge in [0.1, 0.15) is 23.9 Å². The van der Waals surface area contributed by atoms with Crippen molar-refractivity contribution in [3.8, 4) is 23.1 Å². The summed E-state index contributed by atoms with van der Waals surface area (Å²) >= 11 is 0. The third-order valence-corrected chi connectivity index (χ3v) is 5.80. The van der Waals surface area contributed by atoms with Crippen molar-refractivity contribution in [3.63, 3.8) is 0 Å². The highest BCUT2D eigenvalue weighted by Gasteiger charge is 2.22. The first-order valence-corrected chi connectivity index (χ1v) is 11.3. The van der Waals surface area contributed by atoms with Crippen molar-refractivity contribution in [2.24, 2.45) is 0 Å². The second-order valence-corrected chi connectivity index (χ2v) is 8.09. The first kappa shape index (κ1) is 24.0. The summed E-state index contributed by atoms with van der Waals surface area (Å²) in [5, 5.41) is 14.7. The molecule has 1 aliphatic rings. The standard InChI is InChI=1S/C24H26N4O7/c1-32-21-12-17-19(13-22(21)33-2)25-14-26-23(17)34-16-9-10-18(20(11-16)28(30)31)27-24(29)35-15-7-5-3-4-6-8-15/h9-15H,3-8H2,1-2H3,(H,27,29). The fourth-order valence-corrected chi connectivity index (χ4v) is 4.03. The number of nitro groups is 1. The maximum absolute atomic E-state index is 12.4. The summed E-state index contributed by atoms with van der Waals surface area (Å²) in [5.74, 6) is 1.29. The van der Waals surface area contributed by atoms with Gasteiger partial charge >= 0.3 is 6.09 Å². The number of carbonyl (C=O) groups excluding carboxylic acids is 1. The normalized spacial score (nSPS) is 14.1. The molecule has 1 heterocycles. The van der Waals surface area contributed by atoms with Crippen LogP contribution in [0, 0.1) is 10.1 Å². The highest BCUT2D eigenvalue weighted by molar-refractivity contribution is 5.89.